The third-order valence-electron chi connectivity index (χ3n) is 6.49. The van der Waals surface area contributed by atoms with Gasteiger partial charge < -0.3 is 15.8 Å². The fraction of sp³-hybridized carbons (Fsp3) is 0.296. The van der Waals surface area contributed by atoms with Crippen molar-refractivity contribution >= 4 is 29.1 Å². The number of benzene rings is 2. The van der Waals surface area contributed by atoms with E-state index in [0.29, 0.717) is 29.4 Å². The monoisotopic (exact) mass is 511 g/mol. The summed E-state index contributed by atoms with van der Waals surface area (Å²) >= 11 is 6.28. The fourth-order valence-electron chi connectivity index (χ4n) is 4.44. The summed E-state index contributed by atoms with van der Waals surface area (Å²) in [5.74, 6) is -1.49. The van der Waals surface area contributed by atoms with Crippen LogP contribution in [0.15, 0.2) is 53.5 Å². The molecule has 0 fully saturated rings. The zero-order valence-electron chi connectivity index (χ0n) is 20.0. The second-order valence-electron chi connectivity index (χ2n) is 8.86. The number of carbonyl (C=O) groups excluding carboxylic acids is 2. The number of rotatable bonds is 6. The molecule has 3 aromatic rings. The normalized spacial score (nSPS) is 15.5. The lowest BCUT2D eigenvalue weighted by molar-refractivity contribution is -0.119. The molecular weight excluding hydrogens is 485 g/mol. The minimum atomic E-state index is -0.905. The fourth-order valence-corrected chi connectivity index (χ4v) is 4.61. The highest BCUT2D eigenvalue weighted by atomic mass is 35.5. The van der Waals surface area contributed by atoms with Crippen molar-refractivity contribution in [3.05, 3.63) is 81.0 Å². The number of fused-ring (bicyclic) bond motifs is 3. The molecule has 1 aliphatic heterocycles. The van der Waals surface area contributed by atoms with E-state index in [1.54, 1.807) is 13.1 Å². The second-order valence-corrected chi connectivity index (χ2v) is 9.30. The Morgan fingerprint density at radius 1 is 1.19 bits per heavy atom. The number of carbonyl (C=O) groups is 2. The van der Waals surface area contributed by atoms with Crippen molar-refractivity contribution in [3.63, 3.8) is 0 Å². The number of hydrogen-bond acceptors (Lipinski definition) is 4. The first-order valence-corrected chi connectivity index (χ1v) is 12.2. The lowest BCUT2D eigenvalue weighted by Gasteiger charge is -2.26. The smallest absolute Gasteiger partial charge is 0.252 e. The van der Waals surface area contributed by atoms with Gasteiger partial charge in [-0.3, -0.25) is 19.0 Å². The van der Waals surface area contributed by atoms with Crippen LogP contribution in [0.1, 0.15) is 48.7 Å². The largest absolute Gasteiger partial charge is 0.491 e. The van der Waals surface area contributed by atoms with E-state index >= 15 is 0 Å². The molecule has 0 saturated carbocycles. The number of amides is 2. The van der Waals surface area contributed by atoms with Gasteiger partial charge in [-0.25, -0.2) is 4.39 Å². The van der Waals surface area contributed by atoms with Gasteiger partial charge in [-0.05, 0) is 66.6 Å². The van der Waals surface area contributed by atoms with E-state index in [4.69, 9.17) is 22.1 Å². The molecule has 2 aromatic carbocycles. The second kappa shape index (κ2) is 10.5. The molecule has 188 valence electrons. The molecule has 2 amide bonds. The quantitative estimate of drug-likeness (QED) is 0.488. The van der Waals surface area contributed by atoms with Gasteiger partial charge in [0.15, 0.2) is 0 Å². The van der Waals surface area contributed by atoms with Crippen LogP contribution in [0.4, 0.5) is 10.1 Å². The summed E-state index contributed by atoms with van der Waals surface area (Å²) < 4.78 is 21.6. The van der Waals surface area contributed by atoms with Gasteiger partial charge in [0.05, 0.1) is 18.4 Å². The molecule has 0 radical (unpaired) electrons. The third kappa shape index (κ3) is 5.14. The summed E-state index contributed by atoms with van der Waals surface area (Å²) in [5.41, 5.74) is 7.17. The maximum atomic E-state index is 14.2. The molecular formula is C27H27ClFN3O4. The number of nitrogens with two attached hydrogens (primary N) is 1. The van der Waals surface area contributed by atoms with Crippen molar-refractivity contribution in [2.45, 2.75) is 39.2 Å². The van der Waals surface area contributed by atoms with E-state index in [9.17, 15) is 18.8 Å². The zero-order chi connectivity index (χ0) is 26.0. The van der Waals surface area contributed by atoms with Gasteiger partial charge in [0.1, 0.15) is 17.6 Å². The molecule has 0 aliphatic carbocycles. The van der Waals surface area contributed by atoms with Gasteiger partial charge in [0.2, 0.25) is 5.91 Å². The van der Waals surface area contributed by atoms with Crippen LogP contribution in [0.2, 0.25) is 5.02 Å². The van der Waals surface area contributed by atoms with Crippen LogP contribution in [0.5, 0.6) is 5.75 Å². The van der Waals surface area contributed by atoms with Crippen molar-refractivity contribution in [2.24, 2.45) is 11.7 Å². The Morgan fingerprint density at radius 2 is 1.97 bits per heavy atom. The Morgan fingerprint density at radius 3 is 2.64 bits per heavy atom. The van der Waals surface area contributed by atoms with Crippen molar-refractivity contribution in [2.75, 3.05) is 11.9 Å². The van der Waals surface area contributed by atoms with Gasteiger partial charge in [0, 0.05) is 22.3 Å². The number of anilines is 1. The van der Waals surface area contributed by atoms with Gasteiger partial charge in [-0.15, -0.1) is 0 Å². The minimum Gasteiger partial charge on any atom is -0.491 e. The Balaban J connectivity index is 1.71. The predicted octanol–water partition coefficient (Wildman–Crippen LogP) is 4.96. The molecule has 0 bridgehead atoms. The van der Waals surface area contributed by atoms with E-state index in [0.717, 1.165) is 30.0 Å². The lowest BCUT2D eigenvalue weighted by atomic mass is 9.90. The van der Waals surface area contributed by atoms with Crippen LogP contribution in [0.3, 0.4) is 0 Å². The molecule has 2 heterocycles. The molecule has 36 heavy (non-hydrogen) atoms. The number of halogens is 2. The summed E-state index contributed by atoms with van der Waals surface area (Å²) in [7, 11) is 0. The van der Waals surface area contributed by atoms with E-state index in [2.05, 4.69) is 12.2 Å². The van der Waals surface area contributed by atoms with Gasteiger partial charge in [-0.2, -0.15) is 0 Å². The van der Waals surface area contributed by atoms with Crippen LogP contribution >= 0.6 is 11.6 Å². The zero-order valence-corrected chi connectivity index (χ0v) is 20.8. The van der Waals surface area contributed by atoms with Crippen LogP contribution < -0.4 is 21.3 Å². The maximum Gasteiger partial charge on any atom is 0.252 e. The van der Waals surface area contributed by atoms with Gasteiger partial charge in [-0.1, -0.05) is 31.5 Å². The van der Waals surface area contributed by atoms with Crippen LogP contribution in [-0.4, -0.2) is 23.0 Å². The first-order chi connectivity index (χ1) is 17.2. The molecule has 2 atom stereocenters. The summed E-state index contributed by atoms with van der Waals surface area (Å²) in [6, 6.07) is 9.83. The number of hydrogen-bond donors (Lipinski definition) is 2. The average Bonchev–Trinajstić information content (AvgIpc) is 2.83. The molecule has 0 saturated heterocycles. The first-order valence-electron chi connectivity index (χ1n) is 11.8. The molecule has 1 aromatic heterocycles. The minimum absolute atomic E-state index is 0.144. The van der Waals surface area contributed by atoms with E-state index in [-0.39, 0.29) is 22.7 Å². The maximum absolute atomic E-state index is 14.2. The predicted molar refractivity (Wildman–Crippen MR) is 137 cm³/mol. The van der Waals surface area contributed by atoms with Crippen molar-refractivity contribution in [1.82, 2.24) is 4.57 Å². The van der Waals surface area contributed by atoms with Crippen molar-refractivity contribution in [3.8, 4) is 16.9 Å². The number of pyridine rings is 1. The summed E-state index contributed by atoms with van der Waals surface area (Å²) in [6.07, 6.45) is 3.58. The Kier molecular flexibility index (Phi) is 7.45. The average molecular weight is 512 g/mol. The van der Waals surface area contributed by atoms with E-state index < -0.39 is 23.7 Å². The summed E-state index contributed by atoms with van der Waals surface area (Å²) in [6.45, 7) is 4.34. The Hall–Kier alpha value is -3.65. The van der Waals surface area contributed by atoms with Crippen molar-refractivity contribution in [1.29, 1.82) is 0 Å². The van der Waals surface area contributed by atoms with Gasteiger partial charge >= 0.3 is 0 Å². The molecule has 1 aliphatic rings. The lowest BCUT2D eigenvalue weighted by Crippen LogP contribution is -2.33. The molecule has 0 spiro atoms. The van der Waals surface area contributed by atoms with Crippen LogP contribution in [0.25, 0.3) is 11.1 Å². The number of primary amides is 1. The van der Waals surface area contributed by atoms with Crippen LogP contribution in [-0.2, 0) is 11.2 Å². The third-order valence-corrected chi connectivity index (χ3v) is 6.73. The highest BCUT2D eigenvalue weighted by Crippen LogP contribution is 2.37. The van der Waals surface area contributed by atoms with E-state index in [1.807, 2.05) is 18.2 Å². The molecule has 2 unspecified atom stereocenters. The molecule has 7 nitrogen and oxygen atoms in total. The SMILES string of the molecule is CCC1COc2cn(C(CC)C(=O)Nc3ccc(C(N)=O)c(F)c3)c(=O)cc2-c2cc(Cl)ccc2C1. The number of nitrogens with zero attached hydrogens (tertiary/aromatic N) is 1. The summed E-state index contributed by atoms with van der Waals surface area (Å²) in [4.78, 5) is 37.6. The highest BCUT2D eigenvalue weighted by molar-refractivity contribution is 6.30. The standard InChI is InChI=1S/C27H27ClFN3O4/c1-3-15-9-16-5-6-17(28)10-20(16)21-12-25(33)32(13-24(21)36-14-15)23(4-2)27(35)31-18-7-8-19(26(30)34)22(29)11-18/h5-8,10-13,15,23H,3-4,9,14H2,1-2H3,(H2,30,34)(H,31,35). The number of aromatic nitrogens is 1. The molecule has 3 N–H and O–H groups in total. The summed E-state index contributed by atoms with van der Waals surface area (Å²) in [5, 5.41) is 3.17. The molecule has 9 heteroatoms. The Bertz CT molecular complexity index is 1390. The van der Waals surface area contributed by atoms with Crippen molar-refractivity contribution < 1.29 is 18.7 Å². The van der Waals surface area contributed by atoms with E-state index in [1.165, 1.54) is 22.8 Å². The number of ether oxygens (including phenoxy) is 1. The first kappa shape index (κ1) is 25.4. The number of nitrogens with one attached hydrogen (secondary N) is 1. The topological polar surface area (TPSA) is 103 Å². The molecule has 4 rings (SSSR count). The Labute approximate surface area is 213 Å². The van der Waals surface area contributed by atoms with Gasteiger partial charge in [0.25, 0.3) is 11.5 Å². The highest BCUT2D eigenvalue weighted by Gasteiger charge is 2.25. The van der Waals surface area contributed by atoms with Crippen LogP contribution in [0, 0.1) is 11.7 Å².